The molecule has 2 N–H and O–H groups in total. The second-order valence-electron chi connectivity index (χ2n) is 9.70. The van der Waals surface area contributed by atoms with E-state index in [-0.39, 0.29) is 35.4 Å². The van der Waals surface area contributed by atoms with Gasteiger partial charge in [-0.3, -0.25) is 29.4 Å². The van der Waals surface area contributed by atoms with Crippen molar-refractivity contribution in [2.75, 3.05) is 11.9 Å². The van der Waals surface area contributed by atoms with Gasteiger partial charge in [-0.1, -0.05) is 13.8 Å². The third-order valence-electron chi connectivity index (χ3n) is 6.44. The molecule has 0 saturated carbocycles. The number of nitrogens with zero attached hydrogens (tertiary/aromatic N) is 2. The zero-order valence-electron chi connectivity index (χ0n) is 18.8. The first-order valence-electron chi connectivity index (χ1n) is 11.1. The number of amides is 6. The SMILES string of the molecule is CC1(C)Cc2occc2CN(C(=O)Nc2ccc3c(c2)C(=O)N(C2CCC(=O)NC2=O)C3=O)C1. The quantitative estimate of drug-likeness (QED) is 0.656. The lowest BCUT2D eigenvalue weighted by Gasteiger charge is -2.29. The van der Waals surface area contributed by atoms with Gasteiger partial charge in [0, 0.05) is 30.6 Å². The highest BCUT2D eigenvalue weighted by Gasteiger charge is 2.44. The molecule has 0 aliphatic carbocycles. The van der Waals surface area contributed by atoms with Crippen LogP contribution >= 0.6 is 0 Å². The summed E-state index contributed by atoms with van der Waals surface area (Å²) in [6, 6.07) is 4.97. The molecule has 10 heteroatoms. The van der Waals surface area contributed by atoms with Crippen LogP contribution in [0.15, 0.2) is 34.9 Å². The van der Waals surface area contributed by atoms with Gasteiger partial charge in [0.25, 0.3) is 11.8 Å². The first-order chi connectivity index (χ1) is 16.1. The summed E-state index contributed by atoms with van der Waals surface area (Å²) in [7, 11) is 0. The fourth-order valence-electron chi connectivity index (χ4n) is 4.83. The van der Waals surface area contributed by atoms with Crippen molar-refractivity contribution in [3.8, 4) is 0 Å². The number of anilines is 1. The van der Waals surface area contributed by atoms with Crippen molar-refractivity contribution >= 4 is 35.3 Å². The summed E-state index contributed by atoms with van der Waals surface area (Å²) < 4.78 is 5.58. The Hall–Kier alpha value is -3.95. The monoisotopic (exact) mass is 464 g/mol. The number of hydrogen-bond acceptors (Lipinski definition) is 6. The van der Waals surface area contributed by atoms with Crippen LogP contribution in [-0.2, 0) is 22.6 Å². The van der Waals surface area contributed by atoms with Gasteiger partial charge in [0.1, 0.15) is 11.8 Å². The second kappa shape index (κ2) is 7.82. The Morgan fingerprint density at radius 1 is 1.12 bits per heavy atom. The van der Waals surface area contributed by atoms with E-state index in [0.717, 1.165) is 16.2 Å². The fraction of sp³-hybridized carbons (Fsp3) is 0.375. The Kier molecular flexibility index (Phi) is 5.03. The predicted octanol–water partition coefficient (Wildman–Crippen LogP) is 2.30. The number of nitrogens with one attached hydrogen (secondary N) is 2. The third-order valence-corrected chi connectivity index (χ3v) is 6.44. The molecule has 1 aromatic heterocycles. The van der Waals surface area contributed by atoms with Gasteiger partial charge in [-0.2, -0.15) is 0 Å². The zero-order chi connectivity index (χ0) is 24.2. The number of carbonyl (C=O) groups is 5. The number of piperidine rings is 1. The van der Waals surface area contributed by atoms with Gasteiger partial charge < -0.3 is 14.6 Å². The molecule has 34 heavy (non-hydrogen) atoms. The minimum Gasteiger partial charge on any atom is -0.469 e. The number of benzene rings is 1. The summed E-state index contributed by atoms with van der Waals surface area (Å²) in [4.78, 5) is 65.2. The van der Waals surface area contributed by atoms with E-state index in [9.17, 15) is 24.0 Å². The number of carbonyl (C=O) groups excluding carboxylic acids is 5. The zero-order valence-corrected chi connectivity index (χ0v) is 18.8. The van der Waals surface area contributed by atoms with E-state index >= 15 is 0 Å². The van der Waals surface area contributed by atoms with Crippen LogP contribution in [0.5, 0.6) is 0 Å². The summed E-state index contributed by atoms with van der Waals surface area (Å²) in [5.74, 6) is -1.43. The Labute approximate surface area is 195 Å². The van der Waals surface area contributed by atoms with E-state index in [4.69, 9.17) is 4.42 Å². The predicted molar refractivity (Wildman–Crippen MR) is 119 cm³/mol. The van der Waals surface area contributed by atoms with Gasteiger partial charge in [0.15, 0.2) is 0 Å². The molecular formula is C24H24N4O6. The number of urea groups is 1. The van der Waals surface area contributed by atoms with Gasteiger partial charge in [-0.25, -0.2) is 4.79 Å². The average Bonchev–Trinajstić information content (AvgIpc) is 3.25. The molecule has 176 valence electrons. The normalized spacial score (nSPS) is 21.6. The summed E-state index contributed by atoms with van der Waals surface area (Å²) in [6.45, 7) is 5.03. The number of hydrogen-bond donors (Lipinski definition) is 2. The Morgan fingerprint density at radius 2 is 1.88 bits per heavy atom. The van der Waals surface area contributed by atoms with Crippen LogP contribution in [0.2, 0.25) is 0 Å². The molecule has 0 spiro atoms. The van der Waals surface area contributed by atoms with E-state index in [1.54, 1.807) is 17.2 Å². The van der Waals surface area contributed by atoms with Gasteiger partial charge in [-0.15, -0.1) is 0 Å². The molecule has 0 radical (unpaired) electrons. The maximum atomic E-state index is 13.1. The number of fused-ring (bicyclic) bond motifs is 2. The molecule has 10 nitrogen and oxygen atoms in total. The van der Waals surface area contributed by atoms with Crippen LogP contribution in [0.3, 0.4) is 0 Å². The molecule has 2 aromatic rings. The lowest BCUT2D eigenvalue weighted by molar-refractivity contribution is -0.136. The van der Waals surface area contributed by atoms with E-state index in [0.29, 0.717) is 25.2 Å². The number of rotatable bonds is 2. The van der Waals surface area contributed by atoms with Crippen LogP contribution in [0, 0.1) is 5.41 Å². The molecule has 6 amide bonds. The molecule has 1 unspecified atom stereocenters. The van der Waals surface area contributed by atoms with Crippen molar-refractivity contribution in [2.45, 2.75) is 45.7 Å². The highest BCUT2D eigenvalue weighted by atomic mass is 16.3. The summed E-state index contributed by atoms with van der Waals surface area (Å²) in [6.07, 6.45) is 2.47. The molecule has 1 saturated heterocycles. The van der Waals surface area contributed by atoms with E-state index in [2.05, 4.69) is 24.5 Å². The number of imide groups is 2. The molecule has 1 aromatic carbocycles. The third kappa shape index (κ3) is 3.74. The molecular weight excluding hydrogens is 440 g/mol. The molecule has 3 aliphatic rings. The fourth-order valence-corrected chi connectivity index (χ4v) is 4.83. The summed E-state index contributed by atoms with van der Waals surface area (Å²) in [5.41, 5.74) is 1.40. The summed E-state index contributed by atoms with van der Waals surface area (Å²) >= 11 is 0. The standard InChI is InChI=1S/C24H24N4O6/c1-24(2)10-18-13(7-8-34-18)11-27(12-24)23(33)25-14-3-4-15-16(9-14)22(32)28(21(15)31)17-5-6-19(29)26-20(17)30/h3-4,7-9,17H,5-6,10-12H2,1-2H3,(H,25,33)(H,26,29,30). The van der Waals surface area contributed by atoms with Crippen molar-refractivity contribution in [3.05, 3.63) is 53.0 Å². The second-order valence-corrected chi connectivity index (χ2v) is 9.70. The average molecular weight is 464 g/mol. The minimum absolute atomic E-state index is 0.0513. The highest BCUT2D eigenvalue weighted by molar-refractivity contribution is 6.23. The Bertz CT molecular complexity index is 1250. The maximum absolute atomic E-state index is 13.1. The topological polar surface area (TPSA) is 129 Å². The van der Waals surface area contributed by atoms with Crippen molar-refractivity contribution in [2.24, 2.45) is 5.41 Å². The van der Waals surface area contributed by atoms with E-state index in [1.165, 1.54) is 12.1 Å². The van der Waals surface area contributed by atoms with Gasteiger partial charge >= 0.3 is 6.03 Å². The Morgan fingerprint density at radius 3 is 2.65 bits per heavy atom. The highest BCUT2D eigenvalue weighted by Crippen LogP contribution is 2.32. The van der Waals surface area contributed by atoms with Crippen LogP contribution < -0.4 is 10.6 Å². The van der Waals surface area contributed by atoms with Crippen LogP contribution in [0.4, 0.5) is 10.5 Å². The Balaban J connectivity index is 1.35. The van der Waals surface area contributed by atoms with Crippen LogP contribution in [0.25, 0.3) is 0 Å². The van der Waals surface area contributed by atoms with Crippen molar-refractivity contribution in [1.82, 2.24) is 15.1 Å². The minimum atomic E-state index is -1.04. The van der Waals surface area contributed by atoms with Gasteiger partial charge in [0.05, 0.1) is 23.9 Å². The number of furan rings is 1. The molecule has 5 rings (SSSR count). The van der Waals surface area contributed by atoms with Crippen LogP contribution in [0.1, 0.15) is 58.7 Å². The molecule has 0 bridgehead atoms. The smallest absolute Gasteiger partial charge is 0.322 e. The van der Waals surface area contributed by atoms with Crippen molar-refractivity contribution < 1.29 is 28.4 Å². The van der Waals surface area contributed by atoms with E-state index < -0.39 is 29.7 Å². The maximum Gasteiger partial charge on any atom is 0.322 e. The van der Waals surface area contributed by atoms with Crippen molar-refractivity contribution in [3.63, 3.8) is 0 Å². The van der Waals surface area contributed by atoms with Gasteiger partial charge in [-0.05, 0) is 36.1 Å². The lowest BCUT2D eigenvalue weighted by atomic mass is 9.88. The van der Waals surface area contributed by atoms with Gasteiger partial charge in [0.2, 0.25) is 11.8 Å². The summed E-state index contributed by atoms with van der Waals surface area (Å²) in [5, 5.41) is 5.00. The molecule has 4 heterocycles. The molecule has 1 atom stereocenters. The molecule has 1 fully saturated rings. The molecule has 3 aliphatic heterocycles. The van der Waals surface area contributed by atoms with Crippen LogP contribution in [-0.4, -0.2) is 52.0 Å². The largest absolute Gasteiger partial charge is 0.469 e. The first-order valence-corrected chi connectivity index (χ1v) is 11.1. The lowest BCUT2D eigenvalue weighted by Crippen LogP contribution is -2.54. The first kappa shape index (κ1) is 21.9. The van der Waals surface area contributed by atoms with E-state index in [1.807, 2.05) is 6.07 Å². The van der Waals surface area contributed by atoms with Crippen molar-refractivity contribution in [1.29, 1.82) is 0 Å².